The third-order valence-electron chi connectivity index (χ3n) is 3.42. The molecule has 2 rings (SSSR count). The van der Waals surface area contributed by atoms with Gasteiger partial charge in [0.1, 0.15) is 5.02 Å². The minimum absolute atomic E-state index is 0.187. The van der Waals surface area contributed by atoms with E-state index in [0.717, 1.165) is 25.7 Å². The van der Waals surface area contributed by atoms with Gasteiger partial charge in [0.2, 0.25) is 0 Å². The molecule has 6 heteroatoms. The van der Waals surface area contributed by atoms with Gasteiger partial charge in [0.05, 0.1) is 18.4 Å². The summed E-state index contributed by atoms with van der Waals surface area (Å²) in [5, 5.41) is 7.55. The smallest absolute Gasteiger partial charge is 0.287 e. The van der Waals surface area contributed by atoms with E-state index in [-0.39, 0.29) is 10.6 Å². The molecule has 19 heavy (non-hydrogen) atoms. The van der Waals surface area contributed by atoms with Gasteiger partial charge in [-0.2, -0.15) is 5.10 Å². The Kier molecular flexibility index (Phi) is 4.61. The second kappa shape index (κ2) is 6.21. The van der Waals surface area contributed by atoms with E-state index in [4.69, 9.17) is 17.3 Å². The number of nitrogens with zero attached hydrogens (tertiary/aromatic N) is 2. The molecule has 104 valence electrons. The van der Waals surface area contributed by atoms with Gasteiger partial charge in [0.15, 0.2) is 0 Å². The molecule has 0 saturated heterocycles. The highest BCUT2D eigenvalue weighted by Crippen LogP contribution is 2.23. The predicted octanol–water partition coefficient (Wildman–Crippen LogP) is 1.76. The van der Waals surface area contributed by atoms with Gasteiger partial charge in [0, 0.05) is 12.1 Å². The molecular weight excluding hydrogens is 264 g/mol. The first-order chi connectivity index (χ1) is 9.11. The molecule has 0 radical (unpaired) electrons. The summed E-state index contributed by atoms with van der Waals surface area (Å²) in [6.45, 7) is 3.94. The van der Waals surface area contributed by atoms with Crippen molar-refractivity contribution in [2.24, 2.45) is 5.73 Å². The van der Waals surface area contributed by atoms with Gasteiger partial charge < -0.3 is 11.1 Å². The number of nitrogens with one attached hydrogen (secondary N) is 1. The summed E-state index contributed by atoms with van der Waals surface area (Å²) in [6.07, 6.45) is 7.19. The highest BCUT2D eigenvalue weighted by Gasteiger charge is 2.20. The third-order valence-corrected chi connectivity index (χ3v) is 3.78. The van der Waals surface area contributed by atoms with Crippen LogP contribution >= 0.6 is 11.6 Å². The lowest BCUT2D eigenvalue weighted by molar-refractivity contribution is 0.411. The quantitative estimate of drug-likeness (QED) is 0.826. The maximum absolute atomic E-state index is 11.9. The van der Waals surface area contributed by atoms with E-state index in [1.165, 1.54) is 4.68 Å². The number of aromatic nitrogens is 2. The van der Waals surface area contributed by atoms with Crippen molar-refractivity contribution in [2.75, 3.05) is 5.32 Å². The fraction of sp³-hybridized carbons (Fsp3) is 0.538. The Bertz CT molecular complexity index is 506. The van der Waals surface area contributed by atoms with E-state index in [1.54, 1.807) is 12.3 Å². The number of anilines is 1. The third kappa shape index (κ3) is 3.36. The number of hydrogen-bond acceptors (Lipinski definition) is 4. The fourth-order valence-electron chi connectivity index (χ4n) is 2.30. The lowest BCUT2D eigenvalue weighted by atomic mass is 9.92. The molecule has 0 aliphatic heterocycles. The number of hydrogen-bond donors (Lipinski definition) is 2. The molecule has 1 heterocycles. The molecule has 0 atom stereocenters. The van der Waals surface area contributed by atoms with Crippen molar-refractivity contribution in [1.29, 1.82) is 0 Å². The van der Waals surface area contributed by atoms with Crippen molar-refractivity contribution < 1.29 is 0 Å². The number of halogens is 1. The van der Waals surface area contributed by atoms with Crippen molar-refractivity contribution in [3.05, 3.63) is 34.2 Å². The number of allylic oxidation sites excluding steroid dienone is 1. The van der Waals surface area contributed by atoms with E-state index in [1.807, 2.05) is 0 Å². The molecule has 0 unspecified atom stereocenters. The van der Waals surface area contributed by atoms with Crippen LogP contribution < -0.4 is 16.6 Å². The number of nitrogens with two attached hydrogens (primary N) is 1. The molecule has 0 amide bonds. The van der Waals surface area contributed by atoms with E-state index < -0.39 is 0 Å². The molecule has 0 aromatic carbocycles. The zero-order chi connectivity index (χ0) is 13.8. The van der Waals surface area contributed by atoms with E-state index >= 15 is 0 Å². The molecule has 1 aromatic rings. The van der Waals surface area contributed by atoms with E-state index in [0.29, 0.717) is 24.3 Å². The highest BCUT2D eigenvalue weighted by molar-refractivity contribution is 6.32. The van der Waals surface area contributed by atoms with Crippen LogP contribution in [0, 0.1) is 0 Å². The van der Waals surface area contributed by atoms with Crippen LogP contribution in [0.15, 0.2) is 23.6 Å². The largest absolute Gasteiger partial charge is 0.380 e. The summed E-state index contributed by atoms with van der Waals surface area (Å²) < 4.78 is 1.29. The topological polar surface area (TPSA) is 72.9 Å². The molecule has 1 aliphatic rings. The normalized spacial score (nSPS) is 23.1. The summed E-state index contributed by atoms with van der Waals surface area (Å²) in [5.41, 5.74) is 6.18. The summed E-state index contributed by atoms with van der Waals surface area (Å²) in [4.78, 5) is 11.9. The highest BCUT2D eigenvalue weighted by atomic mass is 35.5. The van der Waals surface area contributed by atoms with Crippen molar-refractivity contribution >= 4 is 17.3 Å². The molecule has 1 fully saturated rings. The van der Waals surface area contributed by atoms with Crippen LogP contribution in [0.1, 0.15) is 25.7 Å². The maximum Gasteiger partial charge on any atom is 0.287 e. The van der Waals surface area contributed by atoms with Crippen molar-refractivity contribution in [2.45, 2.75) is 44.3 Å². The lowest BCUT2D eigenvalue weighted by Crippen LogP contribution is -2.33. The first-order valence-corrected chi connectivity index (χ1v) is 6.88. The molecule has 1 saturated carbocycles. The van der Waals surface area contributed by atoms with Gasteiger partial charge in [-0.25, -0.2) is 4.68 Å². The second-order valence-electron chi connectivity index (χ2n) is 4.90. The Morgan fingerprint density at radius 2 is 2.21 bits per heavy atom. The fourth-order valence-corrected chi connectivity index (χ4v) is 2.50. The van der Waals surface area contributed by atoms with Crippen LogP contribution in [0.5, 0.6) is 0 Å². The lowest BCUT2D eigenvalue weighted by Gasteiger charge is -2.27. The Balaban J connectivity index is 2.11. The average Bonchev–Trinajstić information content (AvgIpc) is 2.41. The van der Waals surface area contributed by atoms with Gasteiger partial charge in [-0.15, -0.1) is 6.58 Å². The van der Waals surface area contributed by atoms with Crippen molar-refractivity contribution in [1.82, 2.24) is 9.78 Å². The average molecular weight is 283 g/mol. The van der Waals surface area contributed by atoms with Gasteiger partial charge in [0.25, 0.3) is 5.56 Å². The minimum atomic E-state index is -0.293. The van der Waals surface area contributed by atoms with Crippen molar-refractivity contribution in [3.8, 4) is 0 Å². The Hall–Kier alpha value is -1.33. The molecular formula is C13H19ClN4O. The molecule has 3 N–H and O–H groups in total. The monoisotopic (exact) mass is 282 g/mol. The second-order valence-corrected chi connectivity index (χ2v) is 5.28. The Morgan fingerprint density at radius 1 is 1.53 bits per heavy atom. The SMILES string of the molecule is C=CCn1ncc(NC2CCC(N)CC2)c(Cl)c1=O. The molecule has 5 nitrogen and oxygen atoms in total. The standard InChI is InChI=1S/C13H19ClN4O/c1-2-7-18-13(19)12(14)11(8-16-18)17-10-5-3-9(15)4-6-10/h2,8-10,17H,1,3-7,15H2. The maximum atomic E-state index is 11.9. The summed E-state index contributed by atoms with van der Waals surface area (Å²) in [5.74, 6) is 0. The Labute approximate surface area is 117 Å². The van der Waals surface area contributed by atoms with Crippen LogP contribution in [-0.4, -0.2) is 21.9 Å². The van der Waals surface area contributed by atoms with Crippen LogP contribution in [0.3, 0.4) is 0 Å². The zero-order valence-corrected chi connectivity index (χ0v) is 11.6. The Morgan fingerprint density at radius 3 is 2.84 bits per heavy atom. The summed E-state index contributed by atoms with van der Waals surface area (Å²) >= 11 is 6.09. The van der Waals surface area contributed by atoms with Crippen LogP contribution in [0.4, 0.5) is 5.69 Å². The van der Waals surface area contributed by atoms with E-state index in [9.17, 15) is 4.79 Å². The van der Waals surface area contributed by atoms with E-state index in [2.05, 4.69) is 17.0 Å². The predicted molar refractivity (Wildman–Crippen MR) is 77.6 cm³/mol. The minimum Gasteiger partial charge on any atom is -0.380 e. The van der Waals surface area contributed by atoms with Gasteiger partial charge in [-0.3, -0.25) is 4.79 Å². The molecule has 0 bridgehead atoms. The molecule has 0 spiro atoms. The van der Waals surface area contributed by atoms with Crippen LogP contribution in [-0.2, 0) is 6.54 Å². The first kappa shape index (κ1) is 14.1. The van der Waals surface area contributed by atoms with Gasteiger partial charge in [-0.05, 0) is 25.7 Å². The van der Waals surface area contributed by atoms with Crippen LogP contribution in [0.2, 0.25) is 5.02 Å². The summed E-state index contributed by atoms with van der Waals surface area (Å²) in [7, 11) is 0. The zero-order valence-electron chi connectivity index (χ0n) is 10.8. The first-order valence-electron chi connectivity index (χ1n) is 6.50. The van der Waals surface area contributed by atoms with Gasteiger partial charge in [-0.1, -0.05) is 17.7 Å². The van der Waals surface area contributed by atoms with Gasteiger partial charge >= 0.3 is 0 Å². The summed E-state index contributed by atoms with van der Waals surface area (Å²) in [6, 6.07) is 0.612. The molecule has 1 aromatic heterocycles. The van der Waals surface area contributed by atoms with Crippen molar-refractivity contribution in [3.63, 3.8) is 0 Å². The number of rotatable bonds is 4. The van der Waals surface area contributed by atoms with Crippen LogP contribution in [0.25, 0.3) is 0 Å². The molecule has 1 aliphatic carbocycles.